The van der Waals surface area contributed by atoms with Gasteiger partial charge in [-0.15, -0.1) is 0 Å². The lowest BCUT2D eigenvalue weighted by Crippen LogP contribution is -2.50. The molecule has 1 aromatic carbocycles. The van der Waals surface area contributed by atoms with Crippen molar-refractivity contribution in [2.75, 3.05) is 26.2 Å². The molecule has 4 nitrogen and oxygen atoms in total. The first-order valence-corrected chi connectivity index (χ1v) is 7.43. The van der Waals surface area contributed by atoms with Crippen molar-refractivity contribution < 1.29 is 9.47 Å². The maximum Gasteiger partial charge on any atom is 0.124 e. The Morgan fingerprint density at radius 2 is 2.15 bits per heavy atom. The van der Waals surface area contributed by atoms with Gasteiger partial charge in [0.15, 0.2) is 0 Å². The maximum absolute atomic E-state index is 6.11. The van der Waals surface area contributed by atoms with Gasteiger partial charge in [-0.25, -0.2) is 0 Å². The standard InChI is InChI=1S/C16H24N2O2/c1-16(2)9-14(13-5-3-4-6-15(13)20-16)18-7-8-19-12(10-17)11-18/h3-6,12,14H,7-11,17H2,1-2H3. The smallest absolute Gasteiger partial charge is 0.124 e. The van der Waals surface area contributed by atoms with Gasteiger partial charge in [0.2, 0.25) is 0 Å². The zero-order chi connectivity index (χ0) is 14.2. The molecule has 2 heterocycles. The van der Waals surface area contributed by atoms with E-state index >= 15 is 0 Å². The van der Waals surface area contributed by atoms with Gasteiger partial charge in [-0.2, -0.15) is 0 Å². The van der Waals surface area contributed by atoms with Crippen LogP contribution in [0.15, 0.2) is 24.3 Å². The van der Waals surface area contributed by atoms with Crippen LogP contribution in [0.3, 0.4) is 0 Å². The number of hydrogen-bond acceptors (Lipinski definition) is 4. The molecule has 1 fully saturated rings. The molecule has 2 aliphatic heterocycles. The minimum Gasteiger partial charge on any atom is -0.487 e. The summed E-state index contributed by atoms with van der Waals surface area (Å²) >= 11 is 0. The first kappa shape index (κ1) is 13.9. The molecule has 0 aliphatic carbocycles. The van der Waals surface area contributed by atoms with Crippen LogP contribution >= 0.6 is 0 Å². The normalized spacial score (nSPS) is 29.6. The van der Waals surface area contributed by atoms with Gasteiger partial charge in [-0.1, -0.05) is 18.2 Å². The predicted octanol–water partition coefficient (Wildman–Crippen LogP) is 1.95. The molecule has 1 aromatic rings. The van der Waals surface area contributed by atoms with Crippen molar-refractivity contribution in [3.63, 3.8) is 0 Å². The molecule has 3 rings (SSSR count). The number of nitrogens with two attached hydrogens (primary N) is 1. The average Bonchev–Trinajstić information content (AvgIpc) is 2.45. The molecule has 4 heteroatoms. The number of hydrogen-bond donors (Lipinski definition) is 1. The van der Waals surface area contributed by atoms with Gasteiger partial charge in [-0.3, -0.25) is 4.90 Å². The summed E-state index contributed by atoms with van der Waals surface area (Å²) in [4.78, 5) is 2.50. The Labute approximate surface area is 120 Å². The maximum atomic E-state index is 6.11. The summed E-state index contributed by atoms with van der Waals surface area (Å²) in [6.07, 6.45) is 1.16. The van der Waals surface area contributed by atoms with Crippen LogP contribution < -0.4 is 10.5 Å². The molecule has 2 N–H and O–H groups in total. The van der Waals surface area contributed by atoms with Crippen LogP contribution in [-0.2, 0) is 4.74 Å². The van der Waals surface area contributed by atoms with E-state index in [1.54, 1.807) is 0 Å². The summed E-state index contributed by atoms with van der Waals surface area (Å²) in [5.41, 5.74) is 6.93. The van der Waals surface area contributed by atoms with Crippen LogP contribution in [-0.4, -0.2) is 42.8 Å². The van der Waals surface area contributed by atoms with E-state index in [2.05, 4.69) is 36.9 Å². The van der Waals surface area contributed by atoms with Crippen LogP contribution in [0.25, 0.3) is 0 Å². The molecule has 2 atom stereocenters. The zero-order valence-electron chi connectivity index (χ0n) is 12.3. The topological polar surface area (TPSA) is 47.7 Å². The predicted molar refractivity (Wildman–Crippen MR) is 78.9 cm³/mol. The van der Waals surface area contributed by atoms with Gasteiger partial charge in [0, 0.05) is 37.7 Å². The molecule has 2 aliphatic rings. The Bertz CT molecular complexity index is 475. The van der Waals surface area contributed by atoms with Crippen molar-refractivity contribution in [1.29, 1.82) is 0 Å². The highest BCUT2D eigenvalue weighted by Gasteiger charge is 2.38. The number of ether oxygens (including phenoxy) is 2. The quantitative estimate of drug-likeness (QED) is 0.897. The lowest BCUT2D eigenvalue weighted by atomic mass is 9.88. The zero-order valence-corrected chi connectivity index (χ0v) is 12.3. The number of rotatable bonds is 2. The van der Waals surface area contributed by atoms with E-state index in [0.29, 0.717) is 12.6 Å². The van der Waals surface area contributed by atoms with Crippen LogP contribution in [0.1, 0.15) is 31.9 Å². The molecular formula is C16H24N2O2. The second-order valence-electron chi connectivity index (χ2n) is 6.34. The van der Waals surface area contributed by atoms with Crippen LogP contribution in [0.2, 0.25) is 0 Å². The summed E-state index contributed by atoms with van der Waals surface area (Å²) in [6.45, 7) is 7.55. The van der Waals surface area contributed by atoms with Crippen LogP contribution in [0, 0.1) is 0 Å². The van der Waals surface area contributed by atoms with Gasteiger partial charge < -0.3 is 15.2 Å². The molecule has 0 spiro atoms. The summed E-state index contributed by atoms with van der Waals surface area (Å²) in [6, 6.07) is 8.79. The van der Waals surface area contributed by atoms with Crippen LogP contribution in [0.4, 0.5) is 0 Å². The fourth-order valence-electron chi connectivity index (χ4n) is 3.26. The van der Waals surface area contributed by atoms with Crippen molar-refractivity contribution in [1.82, 2.24) is 4.90 Å². The minimum absolute atomic E-state index is 0.129. The van der Waals surface area contributed by atoms with Crippen molar-refractivity contribution in [2.45, 2.75) is 38.0 Å². The summed E-state index contributed by atoms with van der Waals surface area (Å²) in [5, 5.41) is 0. The number of para-hydroxylation sites is 1. The molecule has 110 valence electrons. The molecule has 20 heavy (non-hydrogen) atoms. The average molecular weight is 276 g/mol. The third-order valence-corrected chi connectivity index (χ3v) is 4.22. The van der Waals surface area contributed by atoms with Crippen molar-refractivity contribution in [3.05, 3.63) is 29.8 Å². The number of fused-ring (bicyclic) bond motifs is 1. The SMILES string of the molecule is CC1(C)CC(N2CCOC(CN)C2)c2ccccc2O1. The lowest BCUT2D eigenvalue weighted by Gasteiger charge is -2.45. The third kappa shape index (κ3) is 2.68. The number of benzene rings is 1. The molecule has 2 unspecified atom stereocenters. The number of morpholine rings is 1. The Balaban J connectivity index is 1.88. The first-order valence-electron chi connectivity index (χ1n) is 7.43. The van der Waals surface area contributed by atoms with E-state index in [0.717, 1.165) is 31.9 Å². The van der Waals surface area contributed by atoms with E-state index in [1.807, 2.05) is 6.07 Å². The van der Waals surface area contributed by atoms with E-state index in [1.165, 1.54) is 5.56 Å². The van der Waals surface area contributed by atoms with Gasteiger partial charge in [0.1, 0.15) is 11.4 Å². The lowest BCUT2D eigenvalue weighted by molar-refractivity contribution is -0.0578. The second-order valence-corrected chi connectivity index (χ2v) is 6.34. The van der Waals surface area contributed by atoms with E-state index in [4.69, 9.17) is 15.2 Å². The largest absolute Gasteiger partial charge is 0.487 e. The first-order chi connectivity index (χ1) is 9.59. The van der Waals surface area contributed by atoms with Crippen molar-refractivity contribution in [2.24, 2.45) is 5.73 Å². The Morgan fingerprint density at radius 1 is 1.35 bits per heavy atom. The fourth-order valence-corrected chi connectivity index (χ4v) is 3.26. The Hall–Kier alpha value is -1.10. The molecule has 0 amide bonds. The molecule has 1 saturated heterocycles. The van der Waals surface area contributed by atoms with E-state index in [9.17, 15) is 0 Å². The Morgan fingerprint density at radius 3 is 2.95 bits per heavy atom. The van der Waals surface area contributed by atoms with Gasteiger partial charge >= 0.3 is 0 Å². The van der Waals surface area contributed by atoms with E-state index < -0.39 is 0 Å². The highest BCUT2D eigenvalue weighted by Crippen LogP contribution is 2.42. The highest BCUT2D eigenvalue weighted by atomic mass is 16.5. The summed E-state index contributed by atoms with van der Waals surface area (Å²) in [7, 11) is 0. The molecule has 0 saturated carbocycles. The van der Waals surface area contributed by atoms with Gasteiger partial charge in [0.05, 0.1) is 12.7 Å². The highest BCUT2D eigenvalue weighted by molar-refractivity contribution is 5.38. The summed E-state index contributed by atoms with van der Waals surface area (Å²) < 4.78 is 11.8. The van der Waals surface area contributed by atoms with Gasteiger partial charge in [0.25, 0.3) is 0 Å². The number of nitrogens with zero attached hydrogens (tertiary/aromatic N) is 1. The Kier molecular flexibility index (Phi) is 3.71. The minimum atomic E-state index is -0.129. The second kappa shape index (κ2) is 5.35. The molecular weight excluding hydrogens is 252 g/mol. The monoisotopic (exact) mass is 276 g/mol. The fraction of sp³-hybridized carbons (Fsp3) is 0.625. The summed E-state index contributed by atoms with van der Waals surface area (Å²) in [5.74, 6) is 1.02. The molecule has 0 radical (unpaired) electrons. The van der Waals surface area contributed by atoms with Crippen molar-refractivity contribution in [3.8, 4) is 5.75 Å². The van der Waals surface area contributed by atoms with Crippen LogP contribution in [0.5, 0.6) is 5.75 Å². The van der Waals surface area contributed by atoms with E-state index in [-0.39, 0.29) is 11.7 Å². The van der Waals surface area contributed by atoms with Crippen molar-refractivity contribution >= 4 is 0 Å². The van der Waals surface area contributed by atoms with Gasteiger partial charge in [-0.05, 0) is 19.9 Å². The molecule has 0 aromatic heterocycles. The molecule has 0 bridgehead atoms. The third-order valence-electron chi connectivity index (χ3n) is 4.22.